The van der Waals surface area contributed by atoms with Crippen LogP contribution in [0.1, 0.15) is 15.9 Å². The van der Waals surface area contributed by atoms with Crippen molar-refractivity contribution < 1.29 is 14.3 Å². The molecule has 0 radical (unpaired) electrons. The zero-order chi connectivity index (χ0) is 16.5. The molecular formula is C18H15BrN2O3. The Bertz CT molecular complexity index is 920. The van der Waals surface area contributed by atoms with Gasteiger partial charge in [0.2, 0.25) is 6.79 Å². The second kappa shape index (κ2) is 6.20. The van der Waals surface area contributed by atoms with Gasteiger partial charge in [-0.25, -0.2) is 0 Å². The van der Waals surface area contributed by atoms with E-state index in [4.69, 9.17) is 9.47 Å². The number of hydrogen-bond donors (Lipinski definition) is 2. The number of rotatable bonds is 4. The lowest BCUT2D eigenvalue weighted by atomic mass is 10.1. The molecule has 0 atom stereocenters. The summed E-state index contributed by atoms with van der Waals surface area (Å²) in [5.41, 5.74) is 2.67. The fourth-order valence-electron chi connectivity index (χ4n) is 2.83. The minimum absolute atomic E-state index is 0.0890. The van der Waals surface area contributed by atoms with Gasteiger partial charge in [0.15, 0.2) is 11.5 Å². The zero-order valence-corrected chi connectivity index (χ0v) is 14.4. The molecule has 0 saturated carbocycles. The first-order valence-corrected chi connectivity index (χ1v) is 8.44. The third-order valence-corrected chi connectivity index (χ3v) is 4.70. The molecule has 0 fully saturated rings. The summed E-state index contributed by atoms with van der Waals surface area (Å²) in [6.45, 7) is 0.820. The monoisotopic (exact) mass is 386 g/mol. The van der Waals surface area contributed by atoms with Crippen molar-refractivity contribution in [1.29, 1.82) is 0 Å². The van der Waals surface area contributed by atoms with Crippen molar-refractivity contribution in [3.63, 3.8) is 0 Å². The summed E-state index contributed by atoms with van der Waals surface area (Å²) < 4.78 is 11.6. The van der Waals surface area contributed by atoms with E-state index in [1.807, 2.05) is 36.4 Å². The van der Waals surface area contributed by atoms with Gasteiger partial charge >= 0.3 is 0 Å². The Balaban J connectivity index is 1.43. The van der Waals surface area contributed by atoms with Crippen LogP contribution in [0.15, 0.2) is 47.1 Å². The molecule has 0 unspecified atom stereocenters. The van der Waals surface area contributed by atoms with Gasteiger partial charge in [0, 0.05) is 28.1 Å². The summed E-state index contributed by atoms with van der Waals surface area (Å²) in [6.07, 6.45) is 2.47. The topological polar surface area (TPSA) is 63.4 Å². The summed E-state index contributed by atoms with van der Waals surface area (Å²) in [7, 11) is 0. The number of hydrogen-bond acceptors (Lipinski definition) is 3. The molecule has 2 N–H and O–H groups in total. The lowest BCUT2D eigenvalue weighted by Crippen LogP contribution is -2.25. The van der Waals surface area contributed by atoms with Gasteiger partial charge in [-0.1, -0.05) is 28.1 Å². The van der Waals surface area contributed by atoms with Crippen LogP contribution in [0, 0.1) is 0 Å². The van der Waals surface area contributed by atoms with Crippen LogP contribution >= 0.6 is 15.9 Å². The van der Waals surface area contributed by atoms with E-state index >= 15 is 0 Å². The molecule has 122 valence electrons. The number of benzene rings is 2. The minimum Gasteiger partial charge on any atom is -0.454 e. The molecule has 4 rings (SSSR count). The van der Waals surface area contributed by atoms with Crippen molar-refractivity contribution in [2.45, 2.75) is 6.42 Å². The molecule has 3 aromatic rings. The van der Waals surface area contributed by atoms with Gasteiger partial charge in [0.05, 0.1) is 5.56 Å². The normalized spacial score (nSPS) is 12.5. The van der Waals surface area contributed by atoms with E-state index in [1.165, 1.54) is 0 Å². The van der Waals surface area contributed by atoms with Gasteiger partial charge in [-0.05, 0) is 36.2 Å². The lowest BCUT2D eigenvalue weighted by molar-refractivity contribution is 0.0956. The molecule has 0 bridgehead atoms. The van der Waals surface area contributed by atoms with E-state index in [9.17, 15) is 4.79 Å². The molecule has 2 aromatic carbocycles. The maximum Gasteiger partial charge on any atom is 0.253 e. The molecule has 0 spiro atoms. The lowest BCUT2D eigenvalue weighted by Gasteiger charge is -2.06. The number of aromatic nitrogens is 1. The fraction of sp³-hybridized carbons (Fsp3) is 0.167. The number of H-pyrrole nitrogens is 1. The first-order chi connectivity index (χ1) is 11.7. The van der Waals surface area contributed by atoms with Crippen LogP contribution in [-0.2, 0) is 6.42 Å². The van der Waals surface area contributed by atoms with Crippen molar-refractivity contribution in [3.8, 4) is 11.5 Å². The zero-order valence-electron chi connectivity index (χ0n) is 12.8. The fourth-order valence-corrected chi connectivity index (χ4v) is 3.41. The van der Waals surface area contributed by atoms with E-state index in [0.29, 0.717) is 12.1 Å². The summed E-state index contributed by atoms with van der Waals surface area (Å²) in [6, 6.07) is 11.7. The molecule has 0 aliphatic carbocycles. The molecule has 1 aliphatic rings. The second-order valence-electron chi connectivity index (χ2n) is 5.56. The molecule has 5 nitrogen and oxygen atoms in total. The Kier molecular flexibility index (Phi) is 3.90. The summed E-state index contributed by atoms with van der Waals surface area (Å²) >= 11 is 3.50. The van der Waals surface area contributed by atoms with Crippen LogP contribution in [0.5, 0.6) is 11.5 Å². The number of halogens is 1. The van der Waals surface area contributed by atoms with E-state index < -0.39 is 0 Å². The molecule has 24 heavy (non-hydrogen) atoms. The standard InChI is InChI=1S/C18H15BrN2O3/c19-13-2-1-3-14-17(13)12(9-21-14)18(22)20-7-6-11-4-5-15-16(8-11)24-10-23-15/h1-5,8-9,21H,6-7,10H2,(H,20,22). The molecule has 6 heteroatoms. The van der Waals surface area contributed by atoms with Crippen LogP contribution in [0.4, 0.5) is 0 Å². The summed E-state index contributed by atoms with van der Waals surface area (Å²) in [5, 5.41) is 3.87. The number of carbonyl (C=O) groups is 1. The highest BCUT2D eigenvalue weighted by Crippen LogP contribution is 2.32. The van der Waals surface area contributed by atoms with Crippen LogP contribution in [0.3, 0.4) is 0 Å². The largest absolute Gasteiger partial charge is 0.454 e. The van der Waals surface area contributed by atoms with Crippen LogP contribution < -0.4 is 14.8 Å². The molecule has 1 amide bonds. The van der Waals surface area contributed by atoms with Gasteiger partial charge in [-0.2, -0.15) is 0 Å². The van der Waals surface area contributed by atoms with Crippen LogP contribution in [0.2, 0.25) is 0 Å². The van der Waals surface area contributed by atoms with E-state index in [1.54, 1.807) is 6.20 Å². The Morgan fingerprint density at radius 2 is 2.08 bits per heavy atom. The quantitative estimate of drug-likeness (QED) is 0.719. The Labute approximate surface area is 147 Å². The highest BCUT2D eigenvalue weighted by molar-refractivity contribution is 9.10. The summed E-state index contributed by atoms with van der Waals surface area (Å²) in [5.74, 6) is 1.44. The Morgan fingerprint density at radius 1 is 1.21 bits per heavy atom. The van der Waals surface area contributed by atoms with Crippen molar-refractivity contribution >= 4 is 32.7 Å². The predicted molar refractivity (Wildman–Crippen MR) is 94.6 cm³/mol. The third-order valence-electron chi connectivity index (χ3n) is 4.04. The Hall–Kier alpha value is -2.47. The highest BCUT2D eigenvalue weighted by atomic mass is 79.9. The number of aromatic amines is 1. The van der Waals surface area contributed by atoms with Crippen molar-refractivity contribution in [3.05, 3.63) is 58.2 Å². The smallest absolute Gasteiger partial charge is 0.253 e. The van der Waals surface area contributed by atoms with Gasteiger partial charge in [0.25, 0.3) is 5.91 Å². The third kappa shape index (κ3) is 2.73. The Morgan fingerprint density at radius 3 is 3.00 bits per heavy atom. The predicted octanol–water partition coefficient (Wildman–Crippen LogP) is 3.63. The van der Waals surface area contributed by atoms with E-state index in [0.717, 1.165) is 38.9 Å². The van der Waals surface area contributed by atoms with Crippen molar-refractivity contribution in [1.82, 2.24) is 10.3 Å². The van der Waals surface area contributed by atoms with E-state index in [-0.39, 0.29) is 12.7 Å². The molecular weight excluding hydrogens is 372 g/mol. The number of amides is 1. The number of carbonyl (C=O) groups excluding carboxylic acids is 1. The highest BCUT2D eigenvalue weighted by Gasteiger charge is 2.15. The van der Waals surface area contributed by atoms with Gasteiger partial charge in [-0.15, -0.1) is 0 Å². The average molecular weight is 387 g/mol. The number of fused-ring (bicyclic) bond motifs is 2. The van der Waals surface area contributed by atoms with Gasteiger partial charge in [0.1, 0.15) is 0 Å². The molecule has 2 heterocycles. The molecule has 1 aromatic heterocycles. The van der Waals surface area contributed by atoms with Crippen molar-refractivity contribution in [2.75, 3.05) is 13.3 Å². The van der Waals surface area contributed by atoms with Crippen molar-refractivity contribution in [2.24, 2.45) is 0 Å². The van der Waals surface area contributed by atoms with E-state index in [2.05, 4.69) is 26.2 Å². The second-order valence-corrected chi connectivity index (χ2v) is 6.41. The molecule has 1 aliphatic heterocycles. The van der Waals surface area contributed by atoms with Gasteiger partial charge < -0.3 is 19.8 Å². The summed E-state index contributed by atoms with van der Waals surface area (Å²) in [4.78, 5) is 15.6. The number of ether oxygens (including phenoxy) is 2. The maximum absolute atomic E-state index is 12.5. The average Bonchev–Trinajstić information content (AvgIpc) is 3.21. The van der Waals surface area contributed by atoms with Gasteiger partial charge in [-0.3, -0.25) is 4.79 Å². The van der Waals surface area contributed by atoms with Crippen LogP contribution in [-0.4, -0.2) is 24.2 Å². The first kappa shape index (κ1) is 15.1. The SMILES string of the molecule is O=C(NCCc1ccc2c(c1)OCO2)c1c[nH]c2cccc(Br)c12. The molecule has 0 saturated heterocycles. The minimum atomic E-state index is -0.0890. The number of nitrogens with one attached hydrogen (secondary N) is 2. The van der Waals surface area contributed by atoms with Crippen LogP contribution in [0.25, 0.3) is 10.9 Å². The first-order valence-electron chi connectivity index (χ1n) is 7.65. The maximum atomic E-state index is 12.5.